The Bertz CT molecular complexity index is 1300. The molecule has 1 N–H and O–H groups in total. The topological polar surface area (TPSA) is 125 Å². The van der Waals surface area contributed by atoms with E-state index in [1.165, 1.54) is 10.8 Å². The van der Waals surface area contributed by atoms with Crippen LogP contribution >= 0.6 is 11.6 Å². The number of nitrogens with one attached hydrogen (secondary N) is 1. The second-order valence-corrected chi connectivity index (χ2v) is 9.72. The summed E-state index contributed by atoms with van der Waals surface area (Å²) in [6.07, 6.45) is 2.82. The number of hydrogen-bond donors (Lipinski definition) is 1. The minimum absolute atomic E-state index is 0.0156. The molecule has 0 aliphatic heterocycles. The second kappa shape index (κ2) is 10.3. The minimum atomic E-state index is -3.52. The van der Waals surface area contributed by atoms with E-state index in [-0.39, 0.29) is 36.7 Å². The third-order valence-electron chi connectivity index (χ3n) is 4.41. The molecule has 0 fully saturated rings. The molecule has 0 bridgehead atoms. The number of hydrogen-bond acceptors (Lipinski definition) is 7. The number of aromatic nitrogens is 4. The number of carbonyl (C=O) groups is 1. The first kappa shape index (κ1) is 24.6. The Morgan fingerprint density at radius 2 is 2.00 bits per heavy atom. The van der Waals surface area contributed by atoms with Crippen molar-refractivity contribution in [3.05, 3.63) is 63.7 Å². The summed E-state index contributed by atoms with van der Waals surface area (Å²) in [5.74, 6) is 0.192. The highest BCUT2D eigenvalue weighted by molar-refractivity contribution is 7.85. The number of halogens is 1. The Morgan fingerprint density at radius 1 is 1.24 bits per heavy atom. The number of benzene rings is 1. The zero-order chi connectivity index (χ0) is 24.2. The Labute approximate surface area is 196 Å². The molecule has 2 heterocycles. The molecule has 1 amide bonds. The molecule has 3 aromatic rings. The fourth-order valence-electron chi connectivity index (χ4n) is 3.04. The third-order valence-corrected chi connectivity index (χ3v) is 5.24. The molecule has 2 aromatic heterocycles. The van der Waals surface area contributed by atoms with Gasteiger partial charge in [0, 0.05) is 22.8 Å². The van der Waals surface area contributed by atoms with E-state index in [1.807, 2.05) is 13.8 Å². The summed E-state index contributed by atoms with van der Waals surface area (Å²) in [4.78, 5) is 29.8. The van der Waals surface area contributed by atoms with Crippen molar-refractivity contribution in [1.29, 1.82) is 0 Å². The molecule has 10 nitrogen and oxygen atoms in total. The smallest absolute Gasteiger partial charge is 0.352 e. The molecule has 1 aromatic carbocycles. The van der Waals surface area contributed by atoms with Crippen LogP contribution in [-0.2, 0) is 32.1 Å². The summed E-state index contributed by atoms with van der Waals surface area (Å²) in [5.41, 5.74) is 0.760. The lowest BCUT2D eigenvalue weighted by atomic mass is 10.2. The van der Waals surface area contributed by atoms with Gasteiger partial charge < -0.3 is 5.32 Å². The van der Waals surface area contributed by atoms with Crippen LogP contribution < -0.4 is 11.0 Å². The van der Waals surface area contributed by atoms with Crippen molar-refractivity contribution in [3.8, 4) is 17.2 Å². The van der Waals surface area contributed by atoms with Gasteiger partial charge in [-0.05, 0) is 44.0 Å². The molecule has 0 atom stereocenters. The highest BCUT2D eigenvalue weighted by Crippen LogP contribution is 2.21. The first-order valence-corrected chi connectivity index (χ1v) is 12.3. The normalized spacial score (nSPS) is 11.7. The van der Waals surface area contributed by atoms with E-state index in [2.05, 4.69) is 15.4 Å². The number of amides is 1. The molecular formula is C21H24ClN5O5S. The summed E-state index contributed by atoms with van der Waals surface area (Å²) in [6.45, 7) is 3.42. The zero-order valence-corrected chi connectivity index (χ0v) is 19.9. The van der Waals surface area contributed by atoms with Crippen molar-refractivity contribution >= 4 is 27.6 Å². The van der Waals surface area contributed by atoms with Gasteiger partial charge in [-0.25, -0.2) is 9.78 Å². The molecule has 12 heteroatoms. The van der Waals surface area contributed by atoms with Gasteiger partial charge in [0.25, 0.3) is 10.1 Å². The molecule has 0 spiro atoms. The molecule has 0 saturated heterocycles. The highest BCUT2D eigenvalue weighted by Gasteiger charge is 2.20. The van der Waals surface area contributed by atoms with Gasteiger partial charge >= 0.3 is 5.69 Å². The fraction of sp³-hybridized carbons (Fsp3) is 0.333. The van der Waals surface area contributed by atoms with Crippen LogP contribution in [0.5, 0.6) is 0 Å². The van der Waals surface area contributed by atoms with Gasteiger partial charge in [-0.1, -0.05) is 29.8 Å². The van der Waals surface area contributed by atoms with E-state index in [0.717, 1.165) is 16.5 Å². The SMILES string of the molecule is CC(C)NC(=O)Cn1c(-c2cccc(Cl)c2)nn(-c2ccc(CCOS(C)(=O)=O)cn2)c1=O. The molecule has 0 saturated carbocycles. The van der Waals surface area contributed by atoms with Crippen LogP contribution in [0.3, 0.4) is 0 Å². The molecular weight excluding hydrogens is 470 g/mol. The number of pyridine rings is 1. The van der Waals surface area contributed by atoms with Crippen LogP contribution in [0.15, 0.2) is 47.4 Å². The van der Waals surface area contributed by atoms with Gasteiger partial charge in [0.15, 0.2) is 11.6 Å². The van der Waals surface area contributed by atoms with Crippen molar-refractivity contribution in [1.82, 2.24) is 24.6 Å². The van der Waals surface area contributed by atoms with Crippen molar-refractivity contribution in [2.75, 3.05) is 12.9 Å². The monoisotopic (exact) mass is 493 g/mol. The standard InChI is InChI=1S/C21H24ClN5O5S/c1-14(2)24-19(28)13-26-20(16-5-4-6-17(22)11-16)25-27(21(26)29)18-8-7-15(12-23-18)9-10-32-33(3,30)31/h4-8,11-12,14H,9-10,13H2,1-3H3,(H,24,28). The first-order chi connectivity index (χ1) is 15.5. The van der Waals surface area contributed by atoms with Crippen molar-refractivity contribution < 1.29 is 17.4 Å². The van der Waals surface area contributed by atoms with E-state index in [0.29, 0.717) is 17.0 Å². The van der Waals surface area contributed by atoms with Crippen LogP contribution in [0, 0.1) is 0 Å². The molecule has 0 aliphatic rings. The van der Waals surface area contributed by atoms with Crippen molar-refractivity contribution in [2.24, 2.45) is 0 Å². The summed E-state index contributed by atoms with van der Waals surface area (Å²) in [7, 11) is -3.52. The molecule has 33 heavy (non-hydrogen) atoms. The van der Waals surface area contributed by atoms with Crippen LogP contribution in [0.1, 0.15) is 19.4 Å². The Balaban J connectivity index is 1.94. The van der Waals surface area contributed by atoms with E-state index in [9.17, 15) is 18.0 Å². The van der Waals surface area contributed by atoms with E-state index in [4.69, 9.17) is 15.8 Å². The minimum Gasteiger partial charge on any atom is -0.352 e. The van der Waals surface area contributed by atoms with Gasteiger partial charge in [-0.2, -0.15) is 13.1 Å². The fourth-order valence-corrected chi connectivity index (χ4v) is 3.62. The summed E-state index contributed by atoms with van der Waals surface area (Å²) in [6, 6.07) is 10.0. The average Bonchev–Trinajstić information content (AvgIpc) is 3.03. The van der Waals surface area contributed by atoms with Crippen molar-refractivity contribution in [3.63, 3.8) is 0 Å². The predicted molar refractivity (Wildman–Crippen MR) is 124 cm³/mol. The lowest BCUT2D eigenvalue weighted by Gasteiger charge is -2.09. The quantitative estimate of drug-likeness (QED) is 0.450. The van der Waals surface area contributed by atoms with Gasteiger partial charge in [0.1, 0.15) is 6.54 Å². The second-order valence-electron chi connectivity index (χ2n) is 7.64. The van der Waals surface area contributed by atoms with Gasteiger partial charge in [-0.3, -0.25) is 13.5 Å². The van der Waals surface area contributed by atoms with E-state index < -0.39 is 15.8 Å². The van der Waals surface area contributed by atoms with Gasteiger partial charge in [0.05, 0.1) is 12.9 Å². The number of rotatable bonds is 9. The summed E-state index contributed by atoms with van der Waals surface area (Å²) in [5, 5.41) is 7.64. The summed E-state index contributed by atoms with van der Waals surface area (Å²) >= 11 is 6.11. The zero-order valence-electron chi connectivity index (χ0n) is 18.4. The maximum absolute atomic E-state index is 13.2. The van der Waals surface area contributed by atoms with Crippen LogP contribution in [0.25, 0.3) is 17.2 Å². The highest BCUT2D eigenvalue weighted by atomic mass is 35.5. The maximum atomic E-state index is 13.2. The molecule has 0 unspecified atom stereocenters. The lowest BCUT2D eigenvalue weighted by molar-refractivity contribution is -0.122. The third kappa shape index (κ3) is 6.73. The van der Waals surface area contributed by atoms with E-state index >= 15 is 0 Å². The number of nitrogens with zero attached hydrogens (tertiary/aromatic N) is 4. The van der Waals surface area contributed by atoms with Gasteiger partial charge in [-0.15, -0.1) is 5.10 Å². The molecule has 3 rings (SSSR count). The summed E-state index contributed by atoms with van der Waals surface area (Å²) < 4.78 is 29.3. The Kier molecular flexibility index (Phi) is 7.67. The molecule has 0 aliphatic carbocycles. The maximum Gasteiger partial charge on any atom is 0.352 e. The number of carbonyl (C=O) groups excluding carboxylic acids is 1. The predicted octanol–water partition coefficient (Wildman–Crippen LogP) is 1.79. The van der Waals surface area contributed by atoms with E-state index in [1.54, 1.807) is 36.4 Å². The van der Waals surface area contributed by atoms with Crippen LogP contribution in [-0.4, -0.2) is 52.6 Å². The van der Waals surface area contributed by atoms with Crippen LogP contribution in [0.4, 0.5) is 0 Å². The molecule has 0 radical (unpaired) electrons. The Hall–Kier alpha value is -3.02. The van der Waals surface area contributed by atoms with Gasteiger partial charge in [0.2, 0.25) is 5.91 Å². The Morgan fingerprint density at radius 3 is 2.61 bits per heavy atom. The first-order valence-electron chi connectivity index (χ1n) is 10.1. The molecule has 176 valence electrons. The lowest BCUT2D eigenvalue weighted by Crippen LogP contribution is -2.36. The average molecular weight is 494 g/mol. The van der Waals surface area contributed by atoms with Crippen molar-refractivity contribution in [2.45, 2.75) is 32.9 Å². The van der Waals surface area contributed by atoms with Crippen LogP contribution in [0.2, 0.25) is 5.02 Å². The largest absolute Gasteiger partial charge is 0.352 e.